The quantitative estimate of drug-likeness (QED) is 0.518. The van der Waals surface area contributed by atoms with E-state index in [0.717, 1.165) is 11.3 Å². The van der Waals surface area contributed by atoms with Crippen molar-refractivity contribution in [3.8, 4) is 6.07 Å². The van der Waals surface area contributed by atoms with Crippen molar-refractivity contribution >= 4 is 58.2 Å². The Morgan fingerprint density at radius 2 is 1.84 bits per heavy atom. The van der Waals surface area contributed by atoms with Gasteiger partial charge in [-0.15, -0.1) is 0 Å². The van der Waals surface area contributed by atoms with Gasteiger partial charge in [0.15, 0.2) is 0 Å². The van der Waals surface area contributed by atoms with E-state index in [4.69, 9.17) is 34.8 Å². The molecule has 0 radical (unpaired) electrons. The van der Waals surface area contributed by atoms with E-state index in [1.165, 1.54) is 23.9 Å². The van der Waals surface area contributed by atoms with Crippen LogP contribution in [0.15, 0.2) is 23.2 Å². The fourth-order valence-electron chi connectivity index (χ4n) is 2.10. The highest BCUT2D eigenvalue weighted by molar-refractivity contribution is 8.00. The molecular formula is C17H14Cl3N3OS. The Morgan fingerprint density at radius 3 is 2.48 bits per heavy atom. The van der Waals surface area contributed by atoms with E-state index in [-0.39, 0.29) is 5.91 Å². The number of nitriles is 1. The second-order valence-electron chi connectivity index (χ2n) is 5.37. The largest absolute Gasteiger partial charge is 0.324 e. The lowest BCUT2D eigenvalue weighted by Gasteiger charge is -2.14. The van der Waals surface area contributed by atoms with Gasteiger partial charge in [0.2, 0.25) is 5.91 Å². The van der Waals surface area contributed by atoms with E-state index in [0.29, 0.717) is 31.3 Å². The second-order valence-corrected chi connectivity index (χ2v) is 7.92. The third-order valence-electron chi connectivity index (χ3n) is 3.35. The number of carbonyl (C=O) groups excluding carboxylic acids is 1. The molecule has 1 N–H and O–H groups in total. The van der Waals surface area contributed by atoms with Crippen LogP contribution in [-0.4, -0.2) is 16.1 Å². The average molecular weight is 415 g/mol. The smallest absolute Gasteiger partial charge is 0.237 e. The van der Waals surface area contributed by atoms with E-state index >= 15 is 0 Å². The molecular weight excluding hydrogens is 401 g/mol. The van der Waals surface area contributed by atoms with Crippen LogP contribution in [-0.2, 0) is 4.79 Å². The third kappa shape index (κ3) is 4.80. The number of thioether (sulfide) groups is 1. The summed E-state index contributed by atoms with van der Waals surface area (Å²) in [5.41, 5.74) is 2.47. The van der Waals surface area contributed by atoms with Crippen molar-refractivity contribution in [1.82, 2.24) is 4.98 Å². The maximum absolute atomic E-state index is 12.5. The van der Waals surface area contributed by atoms with E-state index in [1.54, 1.807) is 6.92 Å². The molecule has 1 heterocycles. The van der Waals surface area contributed by atoms with Crippen LogP contribution in [0.4, 0.5) is 5.69 Å². The number of nitrogens with zero attached hydrogens (tertiary/aromatic N) is 2. The number of aromatic nitrogens is 1. The van der Waals surface area contributed by atoms with Gasteiger partial charge in [-0.05, 0) is 44.5 Å². The fourth-order valence-corrected chi connectivity index (χ4v) is 3.71. The number of amides is 1. The predicted octanol–water partition coefficient (Wildman–Crippen LogP) is 5.65. The van der Waals surface area contributed by atoms with Crippen molar-refractivity contribution < 1.29 is 4.79 Å². The summed E-state index contributed by atoms with van der Waals surface area (Å²) in [6.07, 6.45) is 0. The van der Waals surface area contributed by atoms with E-state index in [2.05, 4.69) is 16.4 Å². The Bertz CT molecular complexity index is 880. The van der Waals surface area contributed by atoms with Crippen molar-refractivity contribution in [2.45, 2.75) is 31.0 Å². The molecule has 0 aliphatic carbocycles. The minimum atomic E-state index is -0.494. The molecule has 0 saturated heterocycles. The minimum Gasteiger partial charge on any atom is -0.324 e. The van der Waals surface area contributed by atoms with Crippen LogP contribution in [0.5, 0.6) is 0 Å². The zero-order valence-electron chi connectivity index (χ0n) is 13.7. The van der Waals surface area contributed by atoms with Crippen molar-refractivity contribution in [3.05, 3.63) is 50.1 Å². The van der Waals surface area contributed by atoms with Gasteiger partial charge in [-0.1, -0.05) is 46.6 Å². The van der Waals surface area contributed by atoms with Gasteiger partial charge in [0, 0.05) is 5.69 Å². The van der Waals surface area contributed by atoms with Crippen molar-refractivity contribution in [1.29, 1.82) is 5.26 Å². The topological polar surface area (TPSA) is 65.8 Å². The lowest BCUT2D eigenvalue weighted by molar-refractivity contribution is -0.115. The molecule has 0 aliphatic rings. The first-order chi connectivity index (χ1) is 11.7. The lowest BCUT2D eigenvalue weighted by atomic mass is 10.1. The Balaban J connectivity index is 2.20. The Morgan fingerprint density at radius 1 is 1.20 bits per heavy atom. The summed E-state index contributed by atoms with van der Waals surface area (Å²) >= 11 is 19.1. The van der Waals surface area contributed by atoms with Crippen LogP contribution in [0, 0.1) is 25.2 Å². The molecule has 1 aromatic carbocycles. The molecule has 0 bridgehead atoms. The van der Waals surface area contributed by atoms with E-state index < -0.39 is 5.25 Å². The number of nitrogens with one attached hydrogen (secondary N) is 1. The summed E-state index contributed by atoms with van der Waals surface area (Å²) in [5.74, 6) is -0.282. The van der Waals surface area contributed by atoms with Crippen LogP contribution in [0.2, 0.25) is 15.1 Å². The molecule has 1 amide bonds. The fraction of sp³-hybridized carbons (Fsp3) is 0.235. The SMILES string of the molecule is Cc1cc(C)c(C#N)c(SC(C)C(=O)Nc2cc(Cl)c(Cl)cc2Cl)n1. The van der Waals surface area contributed by atoms with Gasteiger partial charge >= 0.3 is 0 Å². The molecule has 1 aromatic heterocycles. The Hall–Kier alpha value is -1.45. The monoisotopic (exact) mass is 413 g/mol. The van der Waals surface area contributed by atoms with E-state index in [9.17, 15) is 10.1 Å². The maximum Gasteiger partial charge on any atom is 0.237 e. The normalized spacial score (nSPS) is 11.7. The number of rotatable bonds is 4. The number of pyridine rings is 1. The highest BCUT2D eigenvalue weighted by Crippen LogP contribution is 2.33. The zero-order valence-corrected chi connectivity index (χ0v) is 16.7. The standard InChI is InChI=1S/C17H14Cl3N3OS/c1-8-4-9(2)22-17(11(8)7-21)25-10(3)16(24)23-15-6-13(19)12(18)5-14(15)20/h4-6,10H,1-3H3,(H,23,24). The Kier molecular flexibility index (Phi) is 6.59. The number of hydrogen-bond acceptors (Lipinski definition) is 4. The van der Waals surface area contributed by atoms with Gasteiger partial charge in [0.25, 0.3) is 0 Å². The molecule has 130 valence electrons. The summed E-state index contributed by atoms with van der Waals surface area (Å²) < 4.78 is 0. The molecule has 2 aromatic rings. The van der Waals surface area contributed by atoms with Gasteiger partial charge in [0.05, 0.1) is 31.6 Å². The number of benzene rings is 1. The van der Waals surface area contributed by atoms with Crippen molar-refractivity contribution in [2.75, 3.05) is 5.32 Å². The van der Waals surface area contributed by atoms with E-state index in [1.807, 2.05) is 19.9 Å². The molecule has 1 unspecified atom stereocenters. The summed E-state index contributed by atoms with van der Waals surface area (Å²) in [7, 11) is 0. The van der Waals surface area contributed by atoms with Gasteiger partial charge in [-0.3, -0.25) is 4.79 Å². The van der Waals surface area contributed by atoms with Gasteiger partial charge in [-0.25, -0.2) is 4.98 Å². The molecule has 1 atom stereocenters. The molecule has 2 rings (SSSR count). The summed E-state index contributed by atoms with van der Waals surface area (Å²) in [6, 6.07) is 6.94. The highest BCUT2D eigenvalue weighted by Gasteiger charge is 2.20. The van der Waals surface area contributed by atoms with Crippen LogP contribution in [0.25, 0.3) is 0 Å². The highest BCUT2D eigenvalue weighted by atomic mass is 35.5. The second kappa shape index (κ2) is 8.29. The molecule has 0 fully saturated rings. The average Bonchev–Trinajstić information content (AvgIpc) is 2.52. The molecule has 0 saturated carbocycles. The molecule has 8 heteroatoms. The Labute approximate surface area is 165 Å². The molecule has 0 aliphatic heterocycles. The molecule has 4 nitrogen and oxygen atoms in total. The van der Waals surface area contributed by atoms with Gasteiger partial charge in [-0.2, -0.15) is 5.26 Å². The number of halogens is 3. The van der Waals surface area contributed by atoms with Crippen LogP contribution >= 0.6 is 46.6 Å². The molecule has 0 spiro atoms. The number of hydrogen-bond donors (Lipinski definition) is 1. The summed E-state index contributed by atoms with van der Waals surface area (Å²) in [6.45, 7) is 5.42. The summed E-state index contributed by atoms with van der Waals surface area (Å²) in [4.78, 5) is 16.8. The van der Waals surface area contributed by atoms with Crippen molar-refractivity contribution in [3.63, 3.8) is 0 Å². The van der Waals surface area contributed by atoms with Crippen LogP contribution in [0.3, 0.4) is 0 Å². The van der Waals surface area contributed by atoms with Gasteiger partial charge < -0.3 is 5.32 Å². The van der Waals surface area contributed by atoms with Gasteiger partial charge in [0.1, 0.15) is 11.1 Å². The predicted molar refractivity (Wildman–Crippen MR) is 104 cm³/mol. The first-order valence-electron chi connectivity index (χ1n) is 7.23. The van der Waals surface area contributed by atoms with Crippen molar-refractivity contribution in [2.24, 2.45) is 0 Å². The van der Waals surface area contributed by atoms with Crippen LogP contribution in [0.1, 0.15) is 23.7 Å². The first kappa shape index (κ1) is 19.9. The third-order valence-corrected chi connectivity index (χ3v) is 5.47. The number of aryl methyl sites for hydroxylation is 2. The minimum absolute atomic E-state index is 0.282. The lowest BCUT2D eigenvalue weighted by Crippen LogP contribution is -2.23. The zero-order chi connectivity index (χ0) is 18.7. The maximum atomic E-state index is 12.5. The first-order valence-corrected chi connectivity index (χ1v) is 9.24. The molecule has 25 heavy (non-hydrogen) atoms. The van der Waals surface area contributed by atoms with Crippen LogP contribution < -0.4 is 5.32 Å². The number of carbonyl (C=O) groups is 1. The summed E-state index contributed by atoms with van der Waals surface area (Å²) in [5, 5.41) is 13.0. The number of anilines is 1.